The number of carboxylic acids is 1. The smallest absolute Gasteiger partial charge is 0.315 e. The van der Waals surface area contributed by atoms with Gasteiger partial charge in [0.05, 0.1) is 5.41 Å². The fraction of sp³-hybridized carbons (Fsp3) is 0.846. The number of aldehydes is 1. The molecule has 4 aliphatic carbocycles. The van der Waals surface area contributed by atoms with Crippen LogP contribution in [0.25, 0.3) is 0 Å². The van der Waals surface area contributed by atoms with E-state index in [1.807, 2.05) is 11.8 Å². The number of allylic oxidation sites excluding steroid dienone is 1. The lowest BCUT2D eigenvalue weighted by Gasteiger charge is -2.58. The van der Waals surface area contributed by atoms with Gasteiger partial charge in [0.15, 0.2) is 0 Å². The number of hydrogen-bond donors (Lipinski definition) is 1. The highest BCUT2D eigenvalue weighted by molar-refractivity contribution is 7.99. The zero-order valence-electron chi connectivity index (χ0n) is 19.3. The minimum atomic E-state index is -0.984. The monoisotopic (exact) mass is 432 g/mol. The zero-order chi connectivity index (χ0) is 21.7. The van der Waals surface area contributed by atoms with E-state index in [2.05, 4.69) is 33.8 Å². The molecule has 3 fully saturated rings. The Labute approximate surface area is 186 Å². The third-order valence-electron chi connectivity index (χ3n) is 9.62. The maximum atomic E-state index is 13.3. The van der Waals surface area contributed by atoms with Crippen LogP contribution >= 0.6 is 11.8 Å². The molecular weight excluding hydrogens is 392 g/mol. The molecule has 0 aliphatic heterocycles. The van der Waals surface area contributed by atoms with Gasteiger partial charge >= 0.3 is 5.97 Å². The largest absolute Gasteiger partial charge is 0.481 e. The summed E-state index contributed by atoms with van der Waals surface area (Å²) in [5.41, 5.74) is -0.895. The van der Waals surface area contributed by atoms with E-state index in [1.54, 1.807) is 0 Å². The van der Waals surface area contributed by atoms with Gasteiger partial charge in [-0.15, -0.1) is 0 Å². The van der Waals surface area contributed by atoms with E-state index in [0.29, 0.717) is 11.8 Å². The summed E-state index contributed by atoms with van der Waals surface area (Å²) in [6.45, 7) is 8.83. The predicted octanol–water partition coefficient (Wildman–Crippen LogP) is 6.22. The first-order valence-corrected chi connectivity index (χ1v) is 13.5. The van der Waals surface area contributed by atoms with Crippen LogP contribution in [0.1, 0.15) is 79.1 Å². The summed E-state index contributed by atoms with van der Waals surface area (Å²) in [6, 6.07) is 0. The molecule has 7 atom stereocenters. The van der Waals surface area contributed by atoms with Gasteiger partial charge in [0.2, 0.25) is 0 Å². The van der Waals surface area contributed by atoms with E-state index in [-0.39, 0.29) is 23.2 Å². The highest BCUT2D eigenvalue weighted by atomic mass is 32.2. The van der Waals surface area contributed by atoms with Gasteiger partial charge in [-0.05, 0) is 61.0 Å². The molecule has 30 heavy (non-hydrogen) atoms. The van der Waals surface area contributed by atoms with Crippen LogP contribution < -0.4 is 0 Å². The van der Waals surface area contributed by atoms with Crippen LogP contribution in [0.15, 0.2) is 11.6 Å². The fourth-order valence-electron chi connectivity index (χ4n) is 8.52. The number of carbonyl (C=O) groups excluding carboxylic acids is 1. The number of fused-ring (bicyclic) bond motifs is 2. The summed E-state index contributed by atoms with van der Waals surface area (Å²) in [4.78, 5) is 26.3. The number of unbranched alkanes of at least 4 members (excludes halogenated alkanes) is 3. The molecule has 1 N–H and O–H groups in total. The number of rotatable bonds is 10. The molecule has 0 spiro atoms. The van der Waals surface area contributed by atoms with Crippen molar-refractivity contribution in [2.45, 2.75) is 79.1 Å². The normalized spacial score (nSPS) is 43.7. The van der Waals surface area contributed by atoms with Gasteiger partial charge in [0, 0.05) is 11.2 Å². The Hall–Kier alpha value is -0.770. The summed E-state index contributed by atoms with van der Waals surface area (Å²) in [5, 5.41) is 10.9. The standard InChI is InChI=1S/C26H40O3S/c1-5-6-7-8-11-30-16-25-14-20-18(4)9-10-21(20)24(15-27)13-19(25)12-22(17(2)3)26(24,25)23(28)29/h12,15,17-21H,5-11,13-14,16H2,1-4H3,(H,28,29)/t18-,19?,20-,21-,24?,25?,26+/m1/s1. The van der Waals surface area contributed by atoms with Gasteiger partial charge in [-0.2, -0.15) is 11.8 Å². The first kappa shape index (κ1) is 22.4. The molecule has 0 aromatic rings. The van der Waals surface area contributed by atoms with E-state index in [1.165, 1.54) is 25.7 Å². The molecular formula is C26H40O3S. The van der Waals surface area contributed by atoms with E-state index in [4.69, 9.17) is 0 Å². The molecule has 3 unspecified atom stereocenters. The minimum Gasteiger partial charge on any atom is -0.481 e. The van der Waals surface area contributed by atoms with Gasteiger partial charge in [0.25, 0.3) is 0 Å². The van der Waals surface area contributed by atoms with Crippen LogP contribution in [0, 0.1) is 45.8 Å². The molecule has 4 rings (SSSR count). The first-order chi connectivity index (χ1) is 14.3. The van der Waals surface area contributed by atoms with Crippen molar-refractivity contribution >= 4 is 24.0 Å². The second-order valence-electron chi connectivity index (χ2n) is 11.1. The Bertz CT molecular complexity index is 730. The molecule has 0 saturated heterocycles. The van der Waals surface area contributed by atoms with Gasteiger partial charge in [0.1, 0.15) is 11.7 Å². The van der Waals surface area contributed by atoms with E-state index in [0.717, 1.165) is 49.0 Å². The highest BCUT2D eigenvalue weighted by Crippen LogP contribution is 2.83. The highest BCUT2D eigenvalue weighted by Gasteiger charge is 2.83. The molecule has 0 aromatic carbocycles. The minimum absolute atomic E-state index is 0.176. The summed E-state index contributed by atoms with van der Waals surface area (Å²) in [7, 11) is 0. The van der Waals surface area contributed by atoms with Crippen molar-refractivity contribution in [2.75, 3.05) is 11.5 Å². The maximum Gasteiger partial charge on any atom is 0.315 e. The Morgan fingerprint density at radius 1 is 1.27 bits per heavy atom. The second kappa shape index (κ2) is 7.98. The van der Waals surface area contributed by atoms with Gasteiger partial charge in [-0.1, -0.05) is 65.0 Å². The van der Waals surface area contributed by atoms with Crippen LogP contribution in [-0.4, -0.2) is 28.9 Å². The molecule has 4 heteroatoms. The zero-order valence-corrected chi connectivity index (χ0v) is 20.1. The van der Waals surface area contributed by atoms with E-state index < -0.39 is 16.8 Å². The average Bonchev–Trinajstić information content (AvgIpc) is 3.27. The number of carbonyl (C=O) groups is 2. The van der Waals surface area contributed by atoms with Gasteiger partial charge in [-0.25, -0.2) is 0 Å². The molecule has 4 aliphatic rings. The van der Waals surface area contributed by atoms with Crippen molar-refractivity contribution in [3.8, 4) is 0 Å². The van der Waals surface area contributed by atoms with Crippen LogP contribution in [0.5, 0.6) is 0 Å². The Balaban J connectivity index is 1.75. The Morgan fingerprint density at radius 3 is 2.67 bits per heavy atom. The molecule has 0 radical (unpaired) electrons. The topological polar surface area (TPSA) is 54.4 Å². The van der Waals surface area contributed by atoms with Crippen LogP contribution in [0.3, 0.4) is 0 Å². The first-order valence-electron chi connectivity index (χ1n) is 12.3. The van der Waals surface area contributed by atoms with Crippen LogP contribution in [0.4, 0.5) is 0 Å². The van der Waals surface area contributed by atoms with Crippen molar-refractivity contribution < 1.29 is 14.7 Å². The Morgan fingerprint density at radius 2 is 2.03 bits per heavy atom. The molecule has 3 nitrogen and oxygen atoms in total. The van der Waals surface area contributed by atoms with Crippen molar-refractivity contribution in [2.24, 2.45) is 45.8 Å². The summed E-state index contributed by atoms with van der Waals surface area (Å²) in [5.74, 6) is 3.08. The number of thioether (sulfide) groups is 1. The molecule has 0 aromatic heterocycles. The van der Waals surface area contributed by atoms with E-state index in [9.17, 15) is 14.7 Å². The van der Waals surface area contributed by atoms with Crippen molar-refractivity contribution in [3.63, 3.8) is 0 Å². The quantitative estimate of drug-likeness (QED) is 0.253. The van der Waals surface area contributed by atoms with E-state index >= 15 is 0 Å². The fourth-order valence-corrected chi connectivity index (χ4v) is 9.98. The summed E-state index contributed by atoms with van der Waals surface area (Å²) in [6.07, 6.45) is 12.4. The van der Waals surface area contributed by atoms with Crippen LogP contribution in [0.2, 0.25) is 0 Å². The second-order valence-corrected chi connectivity index (χ2v) is 12.2. The SMILES string of the molecule is CCCCCCSCC12C[C@@H]3[C@H](C)CC[C@H]3C3(C=O)CC1C=C(C(C)C)[C@@]23C(=O)O. The molecule has 0 amide bonds. The predicted molar refractivity (Wildman–Crippen MR) is 123 cm³/mol. The van der Waals surface area contributed by atoms with Crippen LogP contribution in [-0.2, 0) is 9.59 Å². The number of aliphatic carboxylic acids is 1. The molecule has 4 bridgehead atoms. The average molecular weight is 433 g/mol. The Kier molecular flexibility index (Phi) is 5.96. The third kappa shape index (κ3) is 2.64. The maximum absolute atomic E-state index is 13.3. The molecule has 168 valence electrons. The lowest BCUT2D eigenvalue weighted by Crippen LogP contribution is -2.63. The summed E-state index contributed by atoms with van der Waals surface area (Å²) >= 11 is 1.97. The van der Waals surface area contributed by atoms with Crippen molar-refractivity contribution in [3.05, 3.63) is 11.6 Å². The third-order valence-corrected chi connectivity index (χ3v) is 10.9. The molecule has 3 saturated carbocycles. The summed E-state index contributed by atoms with van der Waals surface area (Å²) < 4.78 is 0. The molecule has 0 heterocycles. The lowest BCUT2D eigenvalue weighted by atomic mass is 9.43. The van der Waals surface area contributed by atoms with Crippen molar-refractivity contribution in [1.29, 1.82) is 0 Å². The van der Waals surface area contributed by atoms with Gasteiger partial charge in [-0.3, -0.25) is 4.79 Å². The number of hydrogen-bond acceptors (Lipinski definition) is 3. The lowest BCUT2D eigenvalue weighted by molar-refractivity contribution is -0.177. The van der Waals surface area contributed by atoms with Gasteiger partial charge < -0.3 is 9.90 Å². The number of carboxylic acid groups (broad SMARTS) is 1. The van der Waals surface area contributed by atoms with Crippen molar-refractivity contribution in [1.82, 2.24) is 0 Å².